The lowest BCUT2D eigenvalue weighted by atomic mass is 9.78. The summed E-state index contributed by atoms with van der Waals surface area (Å²) in [5.41, 5.74) is -0.344. The second-order valence-corrected chi connectivity index (χ2v) is 11.9. The molecule has 1 fully saturated rings. The van der Waals surface area contributed by atoms with Gasteiger partial charge in [-0.25, -0.2) is 13.1 Å². The van der Waals surface area contributed by atoms with E-state index < -0.39 is 26.9 Å². The fourth-order valence-electron chi connectivity index (χ4n) is 3.86. The Morgan fingerprint density at radius 1 is 0.906 bits per heavy atom. The van der Waals surface area contributed by atoms with Crippen molar-refractivity contribution < 1.29 is 18.0 Å². The molecule has 172 valence electrons. The van der Waals surface area contributed by atoms with Crippen LogP contribution in [0.2, 0.25) is 0 Å². The van der Waals surface area contributed by atoms with Crippen LogP contribution in [0.25, 0.3) is 0 Å². The zero-order chi connectivity index (χ0) is 23.9. The van der Waals surface area contributed by atoms with Gasteiger partial charge in [0.25, 0.3) is 15.9 Å². The molecule has 0 spiro atoms. The lowest BCUT2D eigenvalue weighted by Crippen LogP contribution is -2.69. The molecular formula is C25H32N2O4S. The maximum atomic E-state index is 13.3. The first-order valence-electron chi connectivity index (χ1n) is 10.7. The van der Waals surface area contributed by atoms with Gasteiger partial charge in [0.15, 0.2) is 0 Å². The van der Waals surface area contributed by atoms with Crippen LogP contribution in [0.4, 0.5) is 0 Å². The van der Waals surface area contributed by atoms with Crippen molar-refractivity contribution in [2.45, 2.75) is 69.2 Å². The van der Waals surface area contributed by atoms with Gasteiger partial charge in [0.2, 0.25) is 5.91 Å². The highest BCUT2D eigenvalue weighted by molar-refractivity contribution is 7.90. The average molecular weight is 457 g/mol. The number of hydrogen-bond donors (Lipinski definition) is 1. The largest absolute Gasteiger partial charge is 0.327 e. The van der Waals surface area contributed by atoms with Gasteiger partial charge in [0, 0.05) is 6.54 Å². The standard InChI is InChI=1S/C25H32N2O4S/c1-23(2,3)18-12-14-20(15-13-18)32(30,31)26-21(28)25(6)16-17-27(25)22(29)24(4,5)19-10-8-7-9-11-19/h7-15H,16-17H2,1-6H3,(H,26,28). The highest BCUT2D eigenvalue weighted by Crippen LogP contribution is 2.37. The second-order valence-electron chi connectivity index (χ2n) is 10.2. The minimum absolute atomic E-state index is 0.0178. The van der Waals surface area contributed by atoms with Crippen molar-refractivity contribution in [1.82, 2.24) is 9.62 Å². The molecule has 1 aliphatic rings. The van der Waals surface area contributed by atoms with E-state index in [1.165, 1.54) is 17.0 Å². The van der Waals surface area contributed by atoms with Gasteiger partial charge in [-0.1, -0.05) is 63.2 Å². The third-order valence-corrected chi connectivity index (χ3v) is 7.79. The molecule has 2 aromatic rings. The molecule has 1 atom stereocenters. The lowest BCUT2D eigenvalue weighted by Gasteiger charge is -2.51. The molecule has 0 aliphatic carbocycles. The molecule has 1 saturated heterocycles. The van der Waals surface area contributed by atoms with Gasteiger partial charge in [-0.3, -0.25) is 9.59 Å². The summed E-state index contributed by atoms with van der Waals surface area (Å²) in [5, 5.41) is 0. The second kappa shape index (κ2) is 8.03. The van der Waals surface area contributed by atoms with E-state index in [-0.39, 0.29) is 16.2 Å². The quantitative estimate of drug-likeness (QED) is 0.743. The predicted molar refractivity (Wildman–Crippen MR) is 125 cm³/mol. The number of hydrogen-bond acceptors (Lipinski definition) is 4. The maximum Gasteiger partial charge on any atom is 0.264 e. The van der Waals surface area contributed by atoms with Gasteiger partial charge >= 0.3 is 0 Å². The minimum atomic E-state index is -4.06. The van der Waals surface area contributed by atoms with Crippen LogP contribution in [0, 0.1) is 0 Å². The van der Waals surface area contributed by atoms with Crippen LogP contribution in [-0.4, -0.2) is 37.2 Å². The zero-order valence-corrected chi connectivity index (χ0v) is 20.4. The Hall–Kier alpha value is -2.67. The van der Waals surface area contributed by atoms with Gasteiger partial charge in [-0.2, -0.15) is 0 Å². The van der Waals surface area contributed by atoms with E-state index in [0.29, 0.717) is 13.0 Å². The van der Waals surface area contributed by atoms with Crippen LogP contribution in [0.15, 0.2) is 59.5 Å². The smallest absolute Gasteiger partial charge is 0.264 e. The van der Waals surface area contributed by atoms with Gasteiger partial charge in [0.1, 0.15) is 5.54 Å². The molecule has 1 heterocycles. The summed E-state index contributed by atoms with van der Waals surface area (Å²) in [7, 11) is -4.06. The Morgan fingerprint density at radius 3 is 1.94 bits per heavy atom. The van der Waals surface area contributed by atoms with Crippen LogP contribution in [0.3, 0.4) is 0 Å². The summed E-state index contributed by atoms with van der Waals surface area (Å²) < 4.78 is 27.9. The van der Waals surface area contributed by atoms with Crippen molar-refractivity contribution >= 4 is 21.8 Å². The van der Waals surface area contributed by atoms with E-state index in [1.54, 1.807) is 19.1 Å². The van der Waals surface area contributed by atoms with Gasteiger partial charge < -0.3 is 4.90 Å². The zero-order valence-electron chi connectivity index (χ0n) is 19.6. The van der Waals surface area contributed by atoms with Crippen molar-refractivity contribution in [1.29, 1.82) is 0 Å². The van der Waals surface area contributed by atoms with Crippen molar-refractivity contribution in [2.24, 2.45) is 0 Å². The van der Waals surface area contributed by atoms with E-state index in [0.717, 1.165) is 11.1 Å². The number of benzene rings is 2. The highest BCUT2D eigenvalue weighted by Gasteiger charge is 2.53. The number of nitrogens with one attached hydrogen (secondary N) is 1. The van der Waals surface area contributed by atoms with E-state index in [2.05, 4.69) is 4.72 Å². The van der Waals surface area contributed by atoms with Crippen LogP contribution < -0.4 is 4.72 Å². The molecule has 7 heteroatoms. The first kappa shape index (κ1) is 24.0. The highest BCUT2D eigenvalue weighted by atomic mass is 32.2. The van der Waals surface area contributed by atoms with Crippen LogP contribution >= 0.6 is 0 Å². The Kier molecular flexibility index (Phi) is 6.02. The Morgan fingerprint density at radius 2 is 1.47 bits per heavy atom. The molecule has 0 aromatic heterocycles. The maximum absolute atomic E-state index is 13.3. The number of nitrogens with zero attached hydrogens (tertiary/aromatic N) is 1. The summed E-state index contributed by atoms with van der Waals surface area (Å²) in [6.45, 7) is 11.8. The normalized spacial score (nSPS) is 19.2. The van der Waals surface area contributed by atoms with Crippen molar-refractivity contribution in [2.75, 3.05) is 6.54 Å². The minimum Gasteiger partial charge on any atom is -0.327 e. The number of likely N-dealkylation sites (tertiary alicyclic amines) is 1. The van der Waals surface area contributed by atoms with Crippen LogP contribution in [0.5, 0.6) is 0 Å². The Labute approximate surface area is 191 Å². The molecular weight excluding hydrogens is 424 g/mol. The summed E-state index contributed by atoms with van der Waals surface area (Å²) in [4.78, 5) is 27.9. The first-order chi connectivity index (χ1) is 14.7. The summed E-state index contributed by atoms with van der Waals surface area (Å²) in [5.74, 6) is -0.902. The monoisotopic (exact) mass is 456 g/mol. The third kappa shape index (κ3) is 4.31. The molecule has 1 aliphatic heterocycles. The van der Waals surface area contributed by atoms with Crippen molar-refractivity contribution in [3.63, 3.8) is 0 Å². The number of rotatable bonds is 5. The fourth-order valence-corrected chi connectivity index (χ4v) is 4.94. The third-order valence-electron chi connectivity index (χ3n) is 6.44. The van der Waals surface area contributed by atoms with E-state index in [4.69, 9.17) is 0 Å². The molecule has 2 aromatic carbocycles. The van der Waals surface area contributed by atoms with Gasteiger partial charge in [-0.15, -0.1) is 0 Å². The van der Waals surface area contributed by atoms with Crippen molar-refractivity contribution in [3.8, 4) is 0 Å². The van der Waals surface area contributed by atoms with E-state index in [1.807, 2.05) is 65.0 Å². The van der Waals surface area contributed by atoms with Crippen LogP contribution in [-0.2, 0) is 30.4 Å². The van der Waals surface area contributed by atoms with Crippen LogP contribution in [0.1, 0.15) is 59.1 Å². The molecule has 0 bridgehead atoms. The summed E-state index contributed by atoms with van der Waals surface area (Å²) >= 11 is 0. The molecule has 1 N–H and O–H groups in total. The average Bonchev–Trinajstić information content (AvgIpc) is 2.72. The van der Waals surface area contributed by atoms with Gasteiger partial charge in [0.05, 0.1) is 10.3 Å². The number of carbonyl (C=O) groups is 2. The topological polar surface area (TPSA) is 83.6 Å². The predicted octanol–water partition coefficient (Wildman–Crippen LogP) is 3.76. The molecule has 32 heavy (non-hydrogen) atoms. The molecule has 3 rings (SSSR count). The Balaban J connectivity index is 1.79. The number of sulfonamides is 1. The molecule has 2 amide bonds. The molecule has 6 nitrogen and oxygen atoms in total. The Bertz CT molecular complexity index is 1120. The SMILES string of the molecule is CC(C)(C)c1ccc(S(=O)(=O)NC(=O)C2(C)CCN2C(=O)C(C)(C)c2ccccc2)cc1. The van der Waals surface area contributed by atoms with Gasteiger partial charge in [-0.05, 0) is 55.9 Å². The molecule has 0 saturated carbocycles. The van der Waals surface area contributed by atoms with Crippen molar-refractivity contribution in [3.05, 3.63) is 65.7 Å². The van der Waals surface area contributed by atoms with E-state index in [9.17, 15) is 18.0 Å². The van der Waals surface area contributed by atoms with E-state index >= 15 is 0 Å². The molecule has 1 unspecified atom stereocenters. The lowest BCUT2D eigenvalue weighted by molar-refractivity contribution is -0.160. The molecule has 0 radical (unpaired) electrons. The number of amides is 2. The number of carbonyl (C=O) groups excluding carboxylic acids is 2. The summed E-state index contributed by atoms with van der Waals surface area (Å²) in [6, 6.07) is 15.9. The first-order valence-corrected chi connectivity index (χ1v) is 12.2. The fraction of sp³-hybridized carbons (Fsp3) is 0.440. The summed E-state index contributed by atoms with van der Waals surface area (Å²) in [6.07, 6.45) is 0.397.